The summed E-state index contributed by atoms with van der Waals surface area (Å²) in [5.74, 6) is -1.02. The van der Waals surface area contributed by atoms with E-state index >= 15 is 0 Å². The number of methoxy groups -OCH3 is 1. The number of allylic oxidation sites excluding steroid dienone is 1. The minimum atomic E-state index is -4.67. The summed E-state index contributed by atoms with van der Waals surface area (Å²) < 4.78 is 40.8. The van der Waals surface area contributed by atoms with E-state index in [0.717, 1.165) is 14.0 Å². The first-order valence-corrected chi connectivity index (χ1v) is 3.56. The highest BCUT2D eigenvalue weighted by atomic mass is 19.4. The second-order valence-corrected chi connectivity index (χ2v) is 2.47. The van der Waals surface area contributed by atoms with Crippen molar-refractivity contribution in [3.05, 3.63) is 11.1 Å². The standard InChI is InChI=1S/C8H8F3NO2/c1-5(4-12)6(8(9,10)11)3-7(13)14-2/h3H2,1-2H3. The second-order valence-electron chi connectivity index (χ2n) is 2.47. The molecular weight excluding hydrogens is 199 g/mol. The van der Waals surface area contributed by atoms with Gasteiger partial charge >= 0.3 is 12.1 Å². The van der Waals surface area contributed by atoms with Crippen molar-refractivity contribution in [2.24, 2.45) is 0 Å². The van der Waals surface area contributed by atoms with E-state index in [1.807, 2.05) is 0 Å². The van der Waals surface area contributed by atoms with Crippen LogP contribution in [0.25, 0.3) is 0 Å². The number of nitriles is 1. The Morgan fingerprint density at radius 2 is 2.00 bits per heavy atom. The number of halogens is 3. The molecule has 0 spiro atoms. The van der Waals surface area contributed by atoms with E-state index in [1.54, 1.807) is 0 Å². The van der Waals surface area contributed by atoms with Gasteiger partial charge in [-0.15, -0.1) is 0 Å². The SMILES string of the molecule is COC(=O)CC(=C(C)C#N)C(F)(F)F. The van der Waals surface area contributed by atoms with E-state index in [9.17, 15) is 18.0 Å². The van der Waals surface area contributed by atoms with Crippen molar-refractivity contribution in [1.29, 1.82) is 5.26 Å². The van der Waals surface area contributed by atoms with Gasteiger partial charge < -0.3 is 4.74 Å². The van der Waals surface area contributed by atoms with Gasteiger partial charge in [0.05, 0.1) is 25.2 Å². The van der Waals surface area contributed by atoms with Crippen LogP contribution in [-0.4, -0.2) is 19.3 Å². The smallest absolute Gasteiger partial charge is 0.414 e. The molecule has 0 fully saturated rings. The van der Waals surface area contributed by atoms with Gasteiger partial charge in [0.25, 0.3) is 0 Å². The molecule has 14 heavy (non-hydrogen) atoms. The third kappa shape index (κ3) is 3.47. The van der Waals surface area contributed by atoms with E-state index < -0.39 is 29.7 Å². The average Bonchev–Trinajstić information content (AvgIpc) is 2.10. The van der Waals surface area contributed by atoms with Gasteiger partial charge in [0, 0.05) is 5.57 Å². The lowest BCUT2D eigenvalue weighted by atomic mass is 10.1. The Bertz CT molecular complexity index is 299. The van der Waals surface area contributed by atoms with Crippen molar-refractivity contribution >= 4 is 5.97 Å². The van der Waals surface area contributed by atoms with Gasteiger partial charge in [-0.05, 0) is 6.92 Å². The molecule has 0 aliphatic heterocycles. The Hall–Kier alpha value is -1.51. The number of alkyl halides is 3. The fraction of sp³-hybridized carbons (Fsp3) is 0.500. The summed E-state index contributed by atoms with van der Waals surface area (Å²) in [7, 11) is 0.984. The van der Waals surface area contributed by atoms with E-state index in [2.05, 4.69) is 4.74 Å². The van der Waals surface area contributed by atoms with Crippen LogP contribution in [0.15, 0.2) is 11.1 Å². The number of rotatable bonds is 2. The monoisotopic (exact) mass is 207 g/mol. The van der Waals surface area contributed by atoms with Crippen LogP contribution in [0.4, 0.5) is 13.2 Å². The van der Waals surface area contributed by atoms with Crippen LogP contribution in [0.1, 0.15) is 13.3 Å². The number of hydrogen-bond donors (Lipinski definition) is 0. The molecule has 0 aliphatic carbocycles. The van der Waals surface area contributed by atoms with E-state index in [1.165, 1.54) is 6.07 Å². The Kier molecular flexibility index (Phi) is 4.15. The van der Waals surface area contributed by atoms with Gasteiger partial charge in [0.1, 0.15) is 0 Å². The van der Waals surface area contributed by atoms with Crippen LogP contribution in [0.2, 0.25) is 0 Å². The number of nitrogens with zero attached hydrogens (tertiary/aromatic N) is 1. The summed E-state index contributed by atoms with van der Waals surface area (Å²) in [5, 5.41) is 8.29. The molecule has 0 unspecified atom stereocenters. The minimum Gasteiger partial charge on any atom is -0.469 e. The first-order chi connectivity index (χ1) is 6.32. The van der Waals surface area contributed by atoms with Crippen molar-refractivity contribution in [3.8, 4) is 6.07 Å². The van der Waals surface area contributed by atoms with Crippen molar-refractivity contribution < 1.29 is 22.7 Å². The van der Waals surface area contributed by atoms with Crippen molar-refractivity contribution in [2.75, 3.05) is 7.11 Å². The van der Waals surface area contributed by atoms with Crippen LogP contribution >= 0.6 is 0 Å². The topological polar surface area (TPSA) is 50.1 Å². The molecule has 0 heterocycles. The molecule has 0 bridgehead atoms. The highest BCUT2D eigenvalue weighted by Gasteiger charge is 2.36. The van der Waals surface area contributed by atoms with Crippen molar-refractivity contribution in [1.82, 2.24) is 0 Å². The molecule has 0 aromatic heterocycles. The van der Waals surface area contributed by atoms with Crippen LogP contribution in [0.5, 0.6) is 0 Å². The molecule has 78 valence electrons. The number of carbonyl (C=O) groups is 1. The molecule has 0 radical (unpaired) electrons. The van der Waals surface area contributed by atoms with Crippen molar-refractivity contribution in [3.63, 3.8) is 0 Å². The summed E-state index contributed by atoms with van der Waals surface area (Å²) in [6.07, 6.45) is -5.60. The predicted molar refractivity (Wildman–Crippen MR) is 41.0 cm³/mol. The molecule has 0 rings (SSSR count). The Morgan fingerprint density at radius 1 is 1.50 bits per heavy atom. The quantitative estimate of drug-likeness (QED) is 0.513. The summed E-state index contributed by atoms with van der Waals surface area (Å²) in [6.45, 7) is 1.01. The Balaban J connectivity index is 4.98. The molecule has 0 saturated heterocycles. The highest BCUT2D eigenvalue weighted by molar-refractivity contribution is 5.73. The third-order valence-corrected chi connectivity index (χ3v) is 1.51. The first-order valence-electron chi connectivity index (χ1n) is 3.56. The third-order valence-electron chi connectivity index (χ3n) is 1.51. The normalized spacial score (nSPS) is 12.9. The molecule has 3 nitrogen and oxygen atoms in total. The lowest BCUT2D eigenvalue weighted by Gasteiger charge is -2.10. The maximum atomic E-state index is 12.2. The van der Waals surface area contributed by atoms with E-state index in [0.29, 0.717) is 0 Å². The van der Waals surface area contributed by atoms with Crippen LogP contribution in [0, 0.1) is 11.3 Å². The average molecular weight is 207 g/mol. The van der Waals surface area contributed by atoms with Gasteiger partial charge in [-0.1, -0.05) is 0 Å². The molecule has 0 aliphatic rings. The van der Waals surface area contributed by atoms with Crippen LogP contribution < -0.4 is 0 Å². The summed E-state index contributed by atoms with van der Waals surface area (Å²) >= 11 is 0. The van der Waals surface area contributed by atoms with Crippen LogP contribution in [-0.2, 0) is 9.53 Å². The van der Waals surface area contributed by atoms with E-state index in [4.69, 9.17) is 5.26 Å². The lowest BCUT2D eigenvalue weighted by molar-refractivity contribution is -0.143. The number of hydrogen-bond acceptors (Lipinski definition) is 3. The van der Waals surface area contributed by atoms with Gasteiger partial charge in [0.2, 0.25) is 0 Å². The highest BCUT2D eigenvalue weighted by Crippen LogP contribution is 2.30. The zero-order valence-electron chi connectivity index (χ0n) is 7.60. The zero-order chi connectivity index (χ0) is 11.4. The van der Waals surface area contributed by atoms with Crippen LogP contribution in [0.3, 0.4) is 0 Å². The number of carbonyl (C=O) groups excluding carboxylic acids is 1. The lowest BCUT2D eigenvalue weighted by Crippen LogP contribution is -2.17. The molecule has 0 atom stereocenters. The molecule has 0 amide bonds. The molecule has 0 aromatic rings. The van der Waals surface area contributed by atoms with Gasteiger partial charge in [-0.2, -0.15) is 18.4 Å². The summed E-state index contributed by atoms with van der Waals surface area (Å²) in [5.41, 5.74) is -1.69. The predicted octanol–water partition coefficient (Wildman–Crippen LogP) is 1.95. The number of esters is 1. The summed E-state index contributed by atoms with van der Waals surface area (Å²) in [4.78, 5) is 10.6. The largest absolute Gasteiger partial charge is 0.469 e. The maximum absolute atomic E-state index is 12.2. The number of ether oxygens (including phenoxy) is 1. The Labute approximate surface area is 78.8 Å². The van der Waals surface area contributed by atoms with Gasteiger partial charge in [0.15, 0.2) is 0 Å². The second kappa shape index (κ2) is 4.65. The Morgan fingerprint density at radius 3 is 2.29 bits per heavy atom. The zero-order valence-corrected chi connectivity index (χ0v) is 7.60. The molecule has 0 N–H and O–H groups in total. The molecule has 0 saturated carbocycles. The molecule has 0 aromatic carbocycles. The summed E-state index contributed by atoms with van der Waals surface area (Å²) in [6, 6.07) is 1.35. The maximum Gasteiger partial charge on any atom is 0.414 e. The first kappa shape index (κ1) is 12.5. The van der Waals surface area contributed by atoms with Gasteiger partial charge in [-0.25, -0.2) is 0 Å². The van der Waals surface area contributed by atoms with E-state index in [-0.39, 0.29) is 0 Å². The fourth-order valence-electron chi connectivity index (χ4n) is 0.729. The van der Waals surface area contributed by atoms with Crippen molar-refractivity contribution in [2.45, 2.75) is 19.5 Å². The minimum absolute atomic E-state index is 0.525. The molecule has 6 heteroatoms. The molecular formula is C8H8F3NO2. The van der Waals surface area contributed by atoms with Gasteiger partial charge in [-0.3, -0.25) is 4.79 Å². The fourth-order valence-corrected chi connectivity index (χ4v) is 0.729.